The molecule has 258 valence electrons. The molecular weight excluding hydrogens is 665 g/mol. The summed E-state index contributed by atoms with van der Waals surface area (Å²) in [5.41, 5.74) is 15.1. The van der Waals surface area contributed by atoms with Crippen molar-refractivity contribution >= 4 is 65.2 Å². The van der Waals surface area contributed by atoms with Crippen LogP contribution in [0.15, 0.2) is 182 Å². The predicted octanol–water partition coefficient (Wildman–Crippen LogP) is 14.2. The quantitative estimate of drug-likeness (QED) is 0.174. The largest absolute Gasteiger partial charge is 0.309 e. The van der Waals surface area contributed by atoms with Gasteiger partial charge in [-0.25, -0.2) is 0 Å². The topological polar surface area (TPSA) is 9.86 Å². The molecule has 2 aromatic heterocycles. The van der Waals surface area contributed by atoms with E-state index in [0.717, 1.165) is 0 Å². The molecule has 0 radical (unpaired) electrons. The molecule has 0 atom stereocenters. The molecule has 2 heterocycles. The molecule has 12 rings (SSSR count). The third-order valence-corrected chi connectivity index (χ3v) is 12.4. The van der Waals surface area contributed by atoms with Crippen molar-refractivity contribution in [2.24, 2.45) is 0 Å². The molecule has 0 bridgehead atoms. The third kappa shape index (κ3) is 4.09. The van der Waals surface area contributed by atoms with E-state index in [2.05, 4.69) is 205 Å². The van der Waals surface area contributed by atoms with E-state index < -0.39 is 0 Å². The van der Waals surface area contributed by atoms with Crippen LogP contribution in [0.4, 0.5) is 0 Å². The van der Waals surface area contributed by atoms with Crippen molar-refractivity contribution < 1.29 is 0 Å². The molecule has 9 aromatic carbocycles. The van der Waals surface area contributed by atoms with Crippen LogP contribution in [0, 0.1) is 0 Å². The second-order valence-corrected chi connectivity index (χ2v) is 15.7. The molecule has 1 aliphatic carbocycles. The first kappa shape index (κ1) is 30.6. The molecule has 2 nitrogen and oxygen atoms in total. The number of hydrogen-bond donors (Lipinski definition) is 0. The number of nitrogens with zero attached hydrogens (tertiary/aromatic N) is 2. The van der Waals surface area contributed by atoms with E-state index in [1.807, 2.05) is 0 Å². The highest BCUT2D eigenvalue weighted by atomic mass is 15.0. The van der Waals surface area contributed by atoms with Gasteiger partial charge >= 0.3 is 0 Å². The Hall–Kier alpha value is -6.90. The molecular formula is C53H36N2. The average Bonchev–Trinajstić information content (AvgIpc) is 3.84. The van der Waals surface area contributed by atoms with Gasteiger partial charge in [-0.1, -0.05) is 147 Å². The fourth-order valence-electron chi connectivity index (χ4n) is 10.1. The zero-order valence-corrected chi connectivity index (χ0v) is 30.7. The van der Waals surface area contributed by atoms with Gasteiger partial charge in [0.2, 0.25) is 0 Å². The Labute approximate surface area is 319 Å². The zero-order chi connectivity index (χ0) is 36.4. The Bertz CT molecular complexity index is 3380. The molecule has 1 aliphatic rings. The summed E-state index contributed by atoms with van der Waals surface area (Å²) in [6.45, 7) is 4.88. The first-order valence-electron chi connectivity index (χ1n) is 19.3. The van der Waals surface area contributed by atoms with Gasteiger partial charge in [-0.3, -0.25) is 0 Å². The number of rotatable bonds is 3. The van der Waals surface area contributed by atoms with E-state index in [4.69, 9.17) is 0 Å². The summed E-state index contributed by atoms with van der Waals surface area (Å²) in [7, 11) is 0. The highest BCUT2D eigenvalue weighted by Gasteiger charge is 2.41. The lowest BCUT2D eigenvalue weighted by Crippen LogP contribution is -2.16. The van der Waals surface area contributed by atoms with Gasteiger partial charge < -0.3 is 9.13 Å². The van der Waals surface area contributed by atoms with Crippen molar-refractivity contribution in [2.75, 3.05) is 0 Å². The van der Waals surface area contributed by atoms with Gasteiger partial charge in [-0.15, -0.1) is 0 Å². The molecule has 0 spiro atoms. The molecule has 11 aromatic rings. The Balaban J connectivity index is 1.29. The minimum Gasteiger partial charge on any atom is -0.309 e. The fraction of sp³-hybridized carbons (Fsp3) is 0.0566. The standard InChI is InChI=1S/C53H36N2/c1-53(2)44-29-26-33-15-9-11-21-38(33)48(44)50-49-41-28-25-34-16-10-12-22-39(34)52(41)55(37-19-7-4-8-20-37)47(49)32-42(51(50)53)35-27-30-46-43(31-35)40-23-13-14-24-45(40)54(46)36-17-5-3-6-18-36/h3-32H,1-2H3. The fourth-order valence-corrected chi connectivity index (χ4v) is 10.1. The lowest BCUT2D eigenvalue weighted by atomic mass is 9.78. The van der Waals surface area contributed by atoms with Crippen molar-refractivity contribution in [2.45, 2.75) is 19.3 Å². The van der Waals surface area contributed by atoms with Gasteiger partial charge in [0.15, 0.2) is 0 Å². The van der Waals surface area contributed by atoms with E-state index in [0.29, 0.717) is 0 Å². The van der Waals surface area contributed by atoms with E-state index >= 15 is 0 Å². The SMILES string of the molecule is CC1(C)c2ccc3ccccc3c2-c2c1c(-c1ccc3c(c1)c1ccccc1n3-c1ccccc1)cc1c2c2ccc3ccccc3c2n1-c1ccccc1. The van der Waals surface area contributed by atoms with Crippen LogP contribution in [0.1, 0.15) is 25.0 Å². The number of aromatic nitrogens is 2. The number of fused-ring (bicyclic) bond motifs is 14. The van der Waals surface area contributed by atoms with E-state index in [1.54, 1.807) is 0 Å². The molecule has 55 heavy (non-hydrogen) atoms. The van der Waals surface area contributed by atoms with Gasteiger partial charge in [0.25, 0.3) is 0 Å². The molecule has 0 saturated heterocycles. The molecule has 0 amide bonds. The number of para-hydroxylation sites is 3. The van der Waals surface area contributed by atoms with E-state index in [9.17, 15) is 0 Å². The highest BCUT2D eigenvalue weighted by Crippen LogP contribution is 2.58. The van der Waals surface area contributed by atoms with Crippen LogP contribution >= 0.6 is 0 Å². The zero-order valence-electron chi connectivity index (χ0n) is 30.7. The highest BCUT2D eigenvalue weighted by molar-refractivity contribution is 6.26. The van der Waals surface area contributed by atoms with Gasteiger partial charge in [-0.2, -0.15) is 0 Å². The van der Waals surface area contributed by atoms with E-state index in [1.165, 1.54) is 110 Å². The first-order valence-corrected chi connectivity index (χ1v) is 19.3. The van der Waals surface area contributed by atoms with Gasteiger partial charge in [-0.05, 0) is 98.1 Å². The van der Waals surface area contributed by atoms with Crippen molar-refractivity contribution in [3.8, 4) is 33.6 Å². The maximum atomic E-state index is 2.53. The third-order valence-electron chi connectivity index (χ3n) is 12.4. The van der Waals surface area contributed by atoms with Crippen molar-refractivity contribution in [3.63, 3.8) is 0 Å². The Kier molecular flexibility index (Phi) is 6.15. The molecule has 0 saturated carbocycles. The van der Waals surface area contributed by atoms with Crippen molar-refractivity contribution in [1.82, 2.24) is 9.13 Å². The van der Waals surface area contributed by atoms with Crippen LogP contribution in [-0.2, 0) is 5.41 Å². The van der Waals surface area contributed by atoms with Gasteiger partial charge in [0.1, 0.15) is 0 Å². The average molecular weight is 701 g/mol. The monoisotopic (exact) mass is 700 g/mol. The summed E-state index contributed by atoms with van der Waals surface area (Å²) < 4.78 is 4.94. The first-order chi connectivity index (χ1) is 27.1. The number of benzene rings is 9. The van der Waals surface area contributed by atoms with Crippen LogP contribution in [0.25, 0.3) is 98.8 Å². The van der Waals surface area contributed by atoms with Gasteiger partial charge in [0.05, 0.1) is 22.1 Å². The molecule has 0 N–H and O–H groups in total. The summed E-state index contributed by atoms with van der Waals surface area (Å²) in [5.74, 6) is 0. The maximum absolute atomic E-state index is 2.53. The van der Waals surface area contributed by atoms with Crippen LogP contribution in [0.2, 0.25) is 0 Å². The minimum atomic E-state index is -0.247. The maximum Gasteiger partial charge on any atom is 0.0619 e. The van der Waals surface area contributed by atoms with Crippen LogP contribution in [0.3, 0.4) is 0 Å². The Morgan fingerprint density at radius 3 is 1.76 bits per heavy atom. The summed E-state index contributed by atoms with van der Waals surface area (Å²) in [6, 6.07) is 67.5. The minimum absolute atomic E-state index is 0.247. The molecule has 0 aliphatic heterocycles. The lowest BCUT2D eigenvalue weighted by Gasteiger charge is -2.25. The summed E-state index contributed by atoms with van der Waals surface area (Å²) in [4.78, 5) is 0. The molecule has 2 heteroatoms. The summed E-state index contributed by atoms with van der Waals surface area (Å²) >= 11 is 0. The summed E-state index contributed by atoms with van der Waals surface area (Å²) in [6.07, 6.45) is 0. The number of hydrogen-bond acceptors (Lipinski definition) is 0. The van der Waals surface area contributed by atoms with Gasteiger partial charge in [0, 0.05) is 43.7 Å². The molecule has 0 fully saturated rings. The smallest absolute Gasteiger partial charge is 0.0619 e. The van der Waals surface area contributed by atoms with Crippen molar-refractivity contribution in [3.05, 3.63) is 193 Å². The Morgan fingerprint density at radius 1 is 0.400 bits per heavy atom. The van der Waals surface area contributed by atoms with E-state index in [-0.39, 0.29) is 5.41 Å². The summed E-state index contributed by atoms with van der Waals surface area (Å²) in [5, 5.41) is 10.2. The second-order valence-electron chi connectivity index (χ2n) is 15.7. The normalized spacial score (nSPS) is 13.4. The van der Waals surface area contributed by atoms with Crippen LogP contribution in [0.5, 0.6) is 0 Å². The molecule has 0 unspecified atom stereocenters. The van der Waals surface area contributed by atoms with Crippen LogP contribution in [-0.4, -0.2) is 9.13 Å². The van der Waals surface area contributed by atoms with Crippen molar-refractivity contribution in [1.29, 1.82) is 0 Å². The second kappa shape index (κ2) is 11.1. The Morgan fingerprint density at radius 2 is 1.00 bits per heavy atom. The predicted molar refractivity (Wildman–Crippen MR) is 233 cm³/mol. The van der Waals surface area contributed by atoms with Crippen LogP contribution < -0.4 is 0 Å². The lowest BCUT2D eigenvalue weighted by molar-refractivity contribution is 0.663.